The molecule has 1 aliphatic heterocycles. The lowest BCUT2D eigenvalue weighted by atomic mass is 10.0. The second kappa shape index (κ2) is 5.52. The normalized spacial score (nSPS) is 25.1. The van der Waals surface area contributed by atoms with Gasteiger partial charge in [-0.15, -0.1) is 0 Å². The molecule has 0 spiro atoms. The Balaban J connectivity index is 1.52. The van der Waals surface area contributed by atoms with Crippen LogP contribution in [0.2, 0.25) is 0 Å². The summed E-state index contributed by atoms with van der Waals surface area (Å²) in [5, 5.41) is 2.88. The molecule has 1 amide bonds. The minimum absolute atomic E-state index is 0.0909. The van der Waals surface area contributed by atoms with Gasteiger partial charge in [0.15, 0.2) is 5.67 Å². The second-order valence-corrected chi connectivity index (χ2v) is 6.00. The molecule has 0 unspecified atom stereocenters. The molecule has 1 N–H and O–H groups in total. The Labute approximate surface area is 119 Å². The predicted molar refractivity (Wildman–Crippen MR) is 76.0 cm³/mol. The summed E-state index contributed by atoms with van der Waals surface area (Å²) in [5.74, 6) is -0.399. The number of likely N-dealkylation sites (tertiary alicyclic amines) is 1. The molecule has 1 aromatic rings. The monoisotopic (exact) mass is 276 g/mol. The van der Waals surface area contributed by atoms with Crippen LogP contribution < -0.4 is 5.32 Å². The van der Waals surface area contributed by atoms with Crippen LogP contribution in [0.1, 0.15) is 31.2 Å². The SMILES string of the molecule is O=C(N[C@@H]1CCCN(Cc2ccccc2)C1)C1(F)CC1. The zero-order chi connectivity index (χ0) is 14.0. The van der Waals surface area contributed by atoms with Crippen LogP contribution in [0.5, 0.6) is 0 Å². The predicted octanol–water partition coefficient (Wildman–Crippen LogP) is 2.27. The number of piperidine rings is 1. The van der Waals surface area contributed by atoms with E-state index in [0.717, 1.165) is 32.5 Å². The zero-order valence-electron chi connectivity index (χ0n) is 11.6. The first-order valence-electron chi connectivity index (χ1n) is 7.42. The van der Waals surface area contributed by atoms with E-state index in [2.05, 4.69) is 22.3 Å². The summed E-state index contributed by atoms with van der Waals surface area (Å²) in [5.41, 5.74) is -0.273. The molecule has 1 aliphatic carbocycles. The van der Waals surface area contributed by atoms with Gasteiger partial charge >= 0.3 is 0 Å². The fourth-order valence-electron chi connectivity index (χ4n) is 2.81. The number of halogens is 1. The summed E-state index contributed by atoms with van der Waals surface area (Å²) in [7, 11) is 0. The molecule has 0 aromatic heterocycles. The maximum absolute atomic E-state index is 13.7. The molecule has 4 heteroatoms. The van der Waals surface area contributed by atoms with Crippen LogP contribution in [0, 0.1) is 0 Å². The van der Waals surface area contributed by atoms with Crippen molar-refractivity contribution in [1.82, 2.24) is 10.2 Å². The van der Waals surface area contributed by atoms with Gasteiger partial charge in [-0.1, -0.05) is 30.3 Å². The van der Waals surface area contributed by atoms with Gasteiger partial charge in [0.2, 0.25) is 0 Å². The Morgan fingerprint density at radius 3 is 2.80 bits per heavy atom. The van der Waals surface area contributed by atoms with Gasteiger partial charge in [0.1, 0.15) is 0 Å². The van der Waals surface area contributed by atoms with Gasteiger partial charge in [0, 0.05) is 19.1 Å². The fraction of sp³-hybridized carbons (Fsp3) is 0.562. The highest BCUT2D eigenvalue weighted by Gasteiger charge is 2.51. The minimum atomic E-state index is -1.55. The van der Waals surface area contributed by atoms with E-state index < -0.39 is 11.6 Å². The van der Waals surface area contributed by atoms with E-state index in [0.29, 0.717) is 12.8 Å². The Hall–Kier alpha value is -1.42. The molecule has 0 bridgehead atoms. The highest BCUT2D eigenvalue weighted by atomic mass is 19.1. The zero-order valence-corrected chi connectivity index (χ0v) is 11.6. The maximum Gasteiger partial charge on any atom is 0.257 e. The fourth-order valence-corrected chi connectivity index (χ4v) is 2.81. The van der Waals surface area contributed by atoms with Crippen molar-refractivity contribution in [2.24, 2.45) is 0 Å². The number of nitrogens with one attached hydrogen (secondary N) is 1. The first-order valence-corrected chi connectivity index (χ1v) is 7.42. The Bertz CT molecular complexity index is 473. The van der Waals surface area contributed by atoms with Crippen molar-refractivity contribution in [2.45, 2.75) is 43.9 Å². The first-order chi connectivity index (χ1) is 9.66. The van der Waals surface area contributed by atoms with Crippen LogP contribution in [0.4, 0.5) is 4.39 Å². The number of nitrogens with zero attached hydrogens (tertiary/aromatic N) is 1. The van der Waals surface area contributed by atoms with Crippen LogP contribution in [-0.2, 0) is 11.3 Å². The Morgan fingerprint density at radius 1 is 1.35 bits per heavy atom. The van der Waals surface area contributed by atoms with Gasteiger partial charge in [-0.25, -0.2) is 4.39 Å². The van der Waals surface area contributed by atoms with E-state index in [-0.39, 0.29) is 6.04 Å². The largest absolute Gasteiger partial charge is 0.349 e. The van der Waals surface area contributed by atoms with Crippen molar-refractivity contribution in [3.05, 3.63) is 35.9 Å². The van der Waals surface area contributed by atoms with Gasteiger partial charge in [0.25, 0.3) is 5.91 Å². The van der Waals surface area contributed by atoms with Crippen molar-refractivity contribution in [3.63, 3.8) is 0 Å². The number of carbonyl (C=O) groups is 1. The van der Waals surface area contributed by atoms with E-state index in [1.54, 1.807) is 0 Å². The summed E-state index contributed by atoms with van der Waals surface area (Å²) in [6, 6.07) is 10.4. The van der Waals surface area contributed by atoms with Gasteiger partial charge < -0.3 is 5.32 Å². The Kier molecular flexibility index (Phi) is 3.74. The molecule has 2 aliphatic rings. The summed E-state index contributed by atoms with van der Waals surface area (Å²) in [6.45, 7) is 2.76. The van der Waals surface area contributed by atoms with Crippen LogP contribution in [0.25, 0.3) is 0 Å². The molecule has 1 aromatic carbocycles. The molecular formula is C16H21FN2O. The molecule has 0 radical (unpaired) electrons. The molecular weight excluding hydrogens is 255 g/mol. The van der Waals surface area contributed by atoms with Gasteiger partial charge in [-0.2, -0.15) is 0 Å². The highest BCUT2D eigenvalue weighted by molar-refractivity contribution is 5.88. The number of benzene rings is 1. The van der Waals surface area contributed by atoms with E-state index in [1.807, 2.05) is 18.2 Å². The molecule has 3 rings (SSSR count). The van der Waals surface area contributed by atoms with Crippen molar-refractivity contribution < 1.29 is 9.18 Å². The minimum Gasteiger partial charge on any atom is -0.349 e. The van der Waals surface area contributed by atoms with E-state index in [1.165, 1.54) is 5.56 Å². The summed E-state index contributed by atoms with van der Waals surface area (Å²) >= 11 is 0. The number of amides is 1. The summed E-state index contributed by atoms with van der Waals surface area (Å²) in [6.07, 6.45) is 2.78. The van der Waals surface area contributed by atoms with Crippen LogP contribution >= 0.6 is 0 Å². The Morgan fingerprint density at radius 2 is 2.10 bits per heavy atom. The topological polar surface area (TPSA) is 32.3 Å². The standard InChI is InChI=1S/C16H21FN2O/c17-16(8-9-16)15(20)18-14-7-4-10-19(12-14)11-13-5-2-1-3-6-13/h1-3,5-6,14H,4,7-12H2,(H,18,20)/t14-/m1/s1. The smallest absolute Gasteiger partial charge is 0.257 e. The van der Waals surface area contributed by atoms with Crippen LogP contribution in [-0.4, -0.2) is 35.6 Å². The van der Waals surface area contributed by atoms with Gasteiger partial charge in [-0.05, 0) is 37.8 Å². The van der Waals surface area contributed by atoms with Crippen molar-refractivity contribution in [2.75, 3.05) is 13.1 Å². The molecule has 1 saturated carbocycles. The number of carbonyl (C=O) groups excluding carboxylic acids is 1. The molecule has 1 heterocycles. The second-order valence-electron chi connectivity index (χ2n) is 6.00. The van der Waals surface area contributed by atoms with E-state index in [9.17, 15) is 9.18 Å². The quantitative estimate of drug-likeness (QED) is 0.915. The average molecular weight is 276 g/mol. The van der Waals surface area contributed by atoms with Crippen molar-refractivity contribution >= 4 is 5.91 Å². The lowest BCUT2D eigenvalue weighted by Gasteiger charge is -2.33. The number of rotatable bonds is 4. The van der Waals surface area contributed by atoms with Crippen molar-refractivity contribution in [1.29, 1.82) is 0 Å². The van der Waals surface area contributed by atoms with Crippen molar-refractivity contribution in [3.8, 4) is 0 Å². The molecule has 3 nitrogen and oxygen atoms in total. The third kappa shape index (κ3) is 3.18. The van der Waals surface area contributed by atoms with E-state index in [4.69, 9.17) is 0 Å². The van der Waals surface area contributed by atoms with Crippen LogP contribution in [0.3, 0.4) is 0 Å². The molecule has 20 heavy (non-hydrogen) atoms. The number of hydrogen-bond donors (Lipinski definition) is 1. The van der Waals surface area contributed by atoms with E-state index >= 15 is 0 Å². The molecule has 2 fully saturated rings. The number of alkyl halides is 1. The maximum atomic E-state index is 13.7. The molecule has 1 atom stereocenters. The lowest BCUT2D eigenvalue weighted by Crippen LogP contribution is -2.49. The average Bonchev–Trinajstić information content (AvgIpc) is 3.20. The van der Waals surface area contributed by atoms with Crippen LogP contribution in [0.15, 0.2) is 30.3 Å². The molecule has 1 saturated heterocycles. The third-order valence-electron chi connectivity index (χ3n) is 4.19. The summed E-state index contributed by atoms with van der Waals surface area (Å²) < 4.78 is 13.7. The highest BCUT2D eigenvalue weighted by Crippen LogP contribution is 2.40. The first kappa shape index (κ1) is 13.6. The van der Waals surface area contributed by atoms with Gasteiger partial charge in [-0.3, -0.25) is 9.69 Å². The third-order valence-corrected chi connectivity index (χ3v) is 4.19. The summed E-state index contributed by atoms with van der Waals surface area (Å²) in [4.78, 5) is 14.1. The lowest BCUT2D eigenvalue weighted by molar-refractivity contribution is -0.128. The molecule has 108 valence electrons. The van der Waals surface area contributed by atoms with Gasteiger partial charge in [0.05, 0.1) is 0 Å². The number of hydrogen-bond acceptors (Lipinski definition) is 2.